The van der Waals surface area contributed by atoms with Crippen LogP contribution in [0.25, 0.3) is 0 Å². The lowest BCUT2D eigenvalue weighted by atomic mass is 10.4. The lowest BCUT2D eigenvalue weighted by Gasteiger charge is -2.04. The van der Waals surface area contributed by atoms with E-state index in [0.717, 1.165) is 0 Å². The van der Waals surface area contributed by atoms with Crippen LogP contribution in [0.15, 0.2) is 33.7 Å². The Bertz CT molecular complexity index is 667. The van der Waals surface area contributed by atoms with Gasteiger partial charge in [-0.1, -0.05) is 0 Å². The predicted octanol–water partition coefficient (Wildman–Crippen LogP) is 0.576. The summed E-state index contributed by atoms with van der Waals surface area (Å²) >= 11 is 0. The molecule has 2 aromatic heterocycles. The van der Waals surface area contributed by atoms with E-state index in [2.05, 4.69) is 20.2 Å². The van der Waals surface area contributed by atoms with E-state index in [0.29, 0.717) is 23.8 Å². The van der Waals surface area contributed by atoms with Gasteiger partial charge in [-0.3, -0.25) is 0 Å². The fourth-order valence-electron chi connectivity index (χ4n) is 1.73. The zero-order valence-electron chi connectivity index (χ0n) is 11.3. The third kappa shape index (κ3) is 3.41. The zero-order chi connectivity index (χ0) is 14.6. The van der Waals surface area contributed by atoms with Crippen molar-refractivity contribution < 1.29 is 12.8 Å². The Balaban J connectivity index is 2.14. The first-order chi connectivity index (χ1) is 9.53. The number of hydrogen-bond donors (Lipinski definition) is 2. The van der Waals surface area contributed by atoms with Gasteiger partial charge in [0.15, 0.2) is 0 Å². The molecule has 0 aliphatic carbocycles. The van der Waals surface area contributed by atoms with Crippen LogP contribution >= 0.6 is 0 Å². The molecule has 2 aromatic rings. The third-order valence-corrected chi connectivity index (χ3v) is 4.14. The maximum atomic E-state index is 12.2. The summed E-state index contributed by atoms with van der Waals surface area (Å²) in [6.45, 7) is 2.18. The number of rotatable bonds is 6. The van der Waals surface area contributed by atoms with Crippen molar-refractivity contribution in [3.8, 4) is 0 Å². The van der Waals surface area contributed by atoms with Gasteiger partial charge in [0.2, 0.25) is 10.0 Å². The lowest BCUT2D eigenvalue weighted by molar-refractivity contribution is 0.465. The molecule has 20 heavy (non-hydrogen) atoms. The number of hydrogen-bond acceptors (Lipinski definition) is 6. The fourth-order valence-corrected chi connectivity index (χ4v) is 2.93. The summed E-state index contributed by atoms with van der Waals surface area (Å²) in [6, 6.07) is 4.92. The first-order valence-electron chi connectivity index (χ1n) is 6.03. The number of sulfonamides is 1. The average molecular weight is 296 g/mol. The Morgan fingerprint density at radius 1 is 1.35 bits per heavy atom. The van der Waals surface area contributed by atoms with Gasteiger partial charge in [0.1, 0.15) is 16.4 Å². The average Bonchev–Trinajstić information content (AvgIpc) is 2.80. The van der Waals surface area contributed by atoms with Crippen LogP contribution in [0.3, 0.4) is 0 Å². The molecule has 0 fully saturated rings. The lowest BCUT2D eigenvalue weighted by Crippen LogP contribution is -2.24. The van der Waals surface area contributed by atoms with E-state index in [9.17, 15) is 8.42 Å². The van der Waals surface area contributed by atoms with Crippen molar-refractivity contribution in [1.82, 2.24) is 20.2 Å². The van der Waals surface area contributed by atoms with Crippen molar-refractivity contribution >= 4 is 10.0 Å². The summed E-state index contributed by atoms with van der Waals surface area (Å²) in [4.78, 5) is 0.145. The van der Waals surface area contributed by atoms with E-state index >= 15 is 0 Å². The Morgan fingerprint density at radius 3 is 2.80 bits per heavy atom. The maximum Gasteiger partial charge on any atom is 0.244 e. The number of furan rings is 1. The molecule has 0 radical (unpaired) electrons. The van der Waals surface area contributed by atoms with Gasteiger partial charge in [0.25, 0.3) is 0 Å². The van der Waals surface area contributed by atoms with Gasteiger partial charge in [0, 0.05) is 12.3 Å². The highest BCUT2D eigenvalue weighted by molar-refractivity contribution is 7.89. The van der Waals surface area contributed by atoms with Crippen molar-refractivity contribution in [1.29, 1.82) is 0 Å². The first kappa shape index (κ1) is 14.6. The zero-order valence-corrected chi connectivity index (χ0v) is 12.1. The largest absolute Gasteiger partial charge is 0.464 e. The van der Waals surface area contributed by atoms with E-state index in [1.54, 1.807) is 26.1 Å². The predicted molar refractivity (Wildman–Crippen MR) is 72.3 cm³/mol. The molecule has 108 valence electrons. The molecular formula is C12H16N4O3S. The van der Waals surface area contributed by atoms with Crippen molar-refractivity contribution in [2.24, 2.45) is 0 Å². The number of nitrogens with zero attached hydrogens (tertiary/aromatic N) is 2. The summed E-state index contributed by atoms with van der Waals surface area (Å²) in [5, 5.41) is 10.4. The number of aromatic nitrogens is 2. The molecule has 0 spiro atoms. The monoisotopic (exact) mass is 296 g/mol. The molecule has 2 heterocycles. The van der Waals surface area contributed by atoms with Gasteiger partial charge >= 0.3 is 0 Å². The Labute approximate surface area is 117 Å². The smallest absolute Gasteiger partial charge is 0.244 e. The highest BCUT2D eigenvalue weighted by Crippen LogP contribution is 2.19. The third-order valence-electron chi connectivity index (χ3n) is 2.63. The Kier molecular flexibility index (Phi) is 4.48. The van der Waals surface area contributed by atoms with Crippen LogP contribution in [0.4, 0.5) is 0 Å². The number of nitrogens with one attached hydrogen (secondary N) is 2. The SMILES string of the molecule is CNCc1cc(S(=O)(=O)NCc2cccnn2)c(C)o1. The minimum Gasteiger partial charge on any atom is -0.464 e. The van der Waals surface area contributed by atoms with E-state index in [1.165, 1.54) is 12.3 Å². The summed E-state index contributed by atoms with van der Waals surface area (Å²) in [6.07, 6.45) is 1.53. The molecular weight excluding hydrogens is 280 g/mol. The Hall–Kier alpha value is -1.77. The van der Waals surface area contributed by atoms with Crippen molar-refractivity contribution in [3.63, 3.8) is 0 Å². The van der Waals surface area contributed by atoms with Crippen LogP contribution in [-0.4, -0.2) is 25.7 Å². The molecule has 7 nitrogen and oxygen atoms in total. The molecule has 0 saturated carbocycles. The highest BCUT2D eigenvalue weighted by atomic mass is 32.2. The van der Waals surface area contributed by atoms with E-state index in [-0.39, 0.29) is 11.4 Å². The second kappa shape index (κ2) is 6.12. The molecule has 2 rings (SSSR count). The quantitative estimate of drug-likeness (QED) is 0.809. The minimum absolute atomic E-state index is 0.0855. The standard InChI is InChI=1S/C12H16N4O3S/c1-9-12(6-11(19-9)8-13-2)20(17,18)15-7-10-4-3-5-14-16-10/h3-6,13,15H,7-8H2,1-2H3. The van der Waals surface area contributed by atoms with Crippen molar-refractivity contribution in [2.45, 2.75) is 24.9 Å². The van der Waals surface area contributed by atoms with E-state index in [1.807, 2.05) is 0 Å². The van der Waals surface area contributed by atoms with Gasteiger partial charge in [-0.15, -0.1) is 0 Å². The van der Waals surface area contributed by atoms with E-state index in [4.69, 9.17) is 4.42 Å². The van der Waals surface area contributed by atoms with Gasteiger partial charge < -0.3 is 9.73 Å². The van der Waals surface area contributed by atoms with Crippen LogP contribution in [-0.2, 0) is 23.1 Å². The van der Waals surface area contributed by atoms with Gasteiger partial charge in [0.05, 0.1) is 18.8 Å². The maximum absolute atomic E-state index is 12.2. The highest BCUT2D eigenvalue weighted by Gasteiger charge is 2.21. The molecule has 0 atom stereocenters. The molecule has 8 heteroatoms. The molecule has 0 aromatic carbocycles. The molecule has 2 N–H and O–H groups in total. The molecule has 0 bridgehead atoms. The first-order valence-corrected chi connectivity index (χ1v) is 7.51. The molecule has 0 saturated heterocycles. The second-order valence-corrected chi connectivity index (χ2v) is 5.94. The normalized spacial score (nSPS) is 11.7. The van der Waals surface area contributed by atoms with Crippen LogP contribution in [0, 0.1) is 6.92 Å². The van der Waals surface area contributed by atoms with Crippen LogP contribution in [0.2, 0.25) is 0 Å². The molecule has 0 aliphatic rings. The van der Waals surface area contributed by atoms with Crippen molar-refractivity contribution in [2.75, 3.05) is 7.05 Å². The summed E-state index contributed by atoms with van der Waals surface area (Å²) in [7, 11) is -1.86. The molecule has 0 amide bonds. The van der Waals surface area contributed by atoms with Crippen LogP contribution in [0.1, 0.15) is 17.2 Å². The summed E-state index contributed by atoms with van der Waals surface area (Å²) < 4.78 is 32.3. The van der Waals surface area contributed by atoms with Gasteiger partial charge in [-0.2, -0.15) is 10.2 Å². The number of aryl methyl sites for hydroxylation is 1. The van der Waals surface area contributed by atoms with Crippen LogP contribution < -0.4 is 10.0 Å². The van der Waals surface area contributed by atoms with Gasteiger partial charge in [-0.05, 0) is 26.1 Å². The second-order valence-electron chi connectivity index (χ2n) is 4.20. The molecule has 0 unspecified atom stereocenters. The minimum atomic E-state index is -3.63. The molecule has 0 aliphatic heterocycles. The topological polar surface area (TPSA) is 97.1 Å². The summed E-state index contributed by atoms with van der Waals surface area (Å²) in [5.74, 6) is 0.937. The Morgan fingerprint density at radius 2 is 2.15 bits per heavy atom. The van der Waals surface area contributed by atoms with Crippen LogP contribution in [0.5, 0.6) is 0 Å². The van der Waals surface area contributed by atoms with E-state index < -0.39 is 10.0 Å². The fraction of sp³-hybridized carbons (Fsp3) is 0.333. The summed E-state index contributed by atoms with van der Waals surface area (Å²) in [5.41, 5.74) is 0.549. The van der Waals surface area contributed by atoms with Gasteiger partial charge in [-0.25, -0.2) is 13.1 Å². The van der Waals surface area contributed by atoms with Crippen molar-refractivity contribution in [3.05, 3.63) is 41.6 Å².